The lowest BCUT2D eigenvalue weighted by atomic mass is 10.1. The minimum atomic E-state index is -0.639. The fourth-order valence-electron chi connectivity index (χ4n) is 2.16. The van der Waals surface area contributed by atoms with Gasteiger partial charge in [-0.25, -0.2) is 0 Å². The fourth-order valence-corrected chi connectivity index (χ4v) is 2.97. The summed E-state index contributed by atoms with van der Waals surface area (Å²) in [7, 11) is 1.52. The molecule has 1 aromatic carbocycles. The van der Waals surface area contributed by atoms with Gasteiger partial charge in [-0.05, 0) is 24.4 Å². The number of hydrogen-bond donors (Lipinski definition) is 2. The predicted molar refractivity (Wildman–Crippen MR) is 93.9 cm³/mol. The molecule has 0 radical (unpaired) electrons. The van der Waals surface area contributed by atoms with Crippen molar-refractivity contribution in [1.82, 2.24) is 0 Å². The standard InChI is InChI=1S/C17H18N2O5S/c1-10-3-4-13(23-2)11(7-10)8-15(21)24-9-14(20)19-17-12(16(18)22)5-6-25-17/h3-7H,8-9H2,1-2H3,(H2,18,22)(H,19,20). The first kappa shape index (κ1) is 18.5. The van der Waals surface area contributed by atoms with Gasteiger partial charge < -0.3 is 20.5 Å². The van der Waals surface area contributed by atoms with Gasteiger partial charge in [0.15, 0.2) is 6.61 Å². The van der Waals surface area contributed by atoms with Crippen LogP contribution in [0.1, 0.15) is 21.5 Å². The van der Waals surface area contributed by atoms with Crippen LogP contribution in [-0.2, 0) is 20.7 Å². The Morgan fingerprint density at radius 2 is 2.00 bits per heavy atom. The molecule has 0 aliphatic carbocycles. The molecule has 1 aromatic heterocycles. The number of carbonyl (C=O) groups excluding carboxylic acids is 3. The average molecular weight is 362 g/mol. The first-order valence-electron chi connectivity index (χ1n) is 7.37. The van der Waals surface area contributed by atoms with E-state index in [4.69, 9.17) is 15.2 Å². The second-order valence-corrected chi connectivity index (χ2v) is 6.14. The van der Waals surface area contributed by atoms with E-state index >= 15 is 0 Å². The number of carbonyl (C=O) groups is 3. The zero-order valence-electron chi connectivity index (χ0n) is 13.8. The monoisotopic (exact) mass is 362 g/mol. The summed E-state index contributed by atoms with van der Waals surface area (Å²) in [5.41, 5.74) is 7.09. The number of methoxy groups -OCH3 is 1. The Morgan fingerprint density at radius 1 is 1.24 bits per heavy atom. The van der Waals surface area contributed by atoms with Gasteiger partial charge in [-0.15, -0.1) is 11.3 Å². The summed E-state index contributed by atoms with van der Waals surface area (Å²) in [6.07, 6.45) is -0.0102. The van der Waals surface area contributed by atoms with Gasteiger partial charge >= 0.3 is 5.97 Å². The van der Waals surface area contributed by atoms with Crippen molar-refractivity contribution >= 4 is 34.1 Å². The smallest absolute Gasteiger partial charge is 0.310 e. The summed E-state index contributed by atoms with van der Waals surface area (Å²) in [5.74, 6) is -1.16. The Morgan fingerprint density at radius 3 is 2.68 bits per heavy atom. The minimum absolute atomic E-state index is 0.0102. The molecule has 0 bridgehead atoms. The number of rotatable bonds is 7. The van der Waals surface area contributed by atoms with Crippen LogP contribution in [0.4, 0.5) is 5.00 Å². The Kier molecular flexibility index (Phi) is 6.13. The number of esters is 1. The molecule has 1 heterocycles. The number of thiophene rings is 1. The Hall–Kier alpha value is -2.87. The maximum atomic E-state index is 11.9. The maximum Gasteiger partial charge on any atom is 0.310 e. The summed E-state index contributed by atoms with van der Waals surface area (Å²) in [6, 6.07) is 6.98. The van der Waals surface area contributed by atoms with Gasteiger partial charge in [0.1, 0.15) is 10.8 Å². The van der Waals surface area contributed by atoms with Crippen molar-refractivity contribution in [1.29, 1.82) is 0 Å². The first-order valence-corrected chi connectivity index (χ1v) is 8.25. The molecule has 0 saturated heterocycles. The van der Waals surface area contributed by atoms with Gasteiger partial charge in [0, 0.05) is 5.56 Å². The summed E-state index contributed by atoms with van der Waals surface area (Å²) >= 11 is 1.16. The molecule has 132 valence electrons. The van der Waals surface area contributed by atoms with Crippen molar-refractivity contribution in [2.45, 2.75) is 13.3 Å². The molecule has 0 saturated carbocycles. The van der Waals surface area contributed by atoms with Crippen LogP contribution in [0, 0.1) is 6.92 Å². The molecule has 2 amide bonds. The van der Waals surface area contributed by atoms with E-state index in [1.165, 1.54) is 13.2 Å². The third kappa shape index (κ3) is 5.05. The van der Waals surface area contributed by atoms with E-state index in [0.29, 0.717) is 16.3 Å². The van der Waals surface area contributed by atoms with Gasteiger partial charge in [0.25, 0.3) is 11.8 Å². The number of benzene rings is 1. The van der Waals surface area contributed by atoms with E-state index in [-0.39, 0.29) is 12.0 Å². The normalized spacial score (nSPS) is 10.2. The molecule has 3 N–H and O–H groups in total. The van der Waals surface area contributed by atoms with E-state index in [1.54, 1.807) is 11.4 Å². The SMILES string of the molecule is COc1ccc(C)cc1CC(=O)OCC(=O)Nc1sccc1C(N)=O. The van der Waals surface area contributed by atoms with E-state index in [1.807, 2.05) is 19.1 Å². The lowest BCUT2D eigenvalue weighted by Gasteiger charge is -2.10. The molecule has 0 aliphatic rings. The number of amides is 2. The van der Waals surface area contributed by atoms with Crippen LogP contribution in [0.3, 0.4) is 0 Å². The van der Waals surface area contributed by atoms with Crippen LogP contribution < -0.4 is 15.8 Å². The lowest BCUT2D eigenvalue weighted by molar-refractivity contribution is -0.146. The first-order chi connectivity index (χ1) is 11.9. The fraction of sp³-hybridized carbons (Fsp3) is 0.235. The van der Waals surface area contributed by atoms with Crippen LogP contribution in [0.15, 0.2) is 29.6 Å². The minimum Gasteiger partial charge on any atom is -0.496 e. The highest BCUT2D eigenvalue weighted by atomic mass is 32.1. The Labute approximate surface area is 148 Å². The van der Waals surface area contributed by atoms with Gasteiger partial charge in [0.05, 0.1) is 19.1 Å². The molecule has 0 fully saturated rings. The number of anilines is 1. The van der Waals surface area contributed by atoms with Crippen molar-refractivity contribution in [2.75, 3.05) is 19.0 Å². The van der Waals surface area contributed by atoms with Gasteiger partial charge in [-0.1, -0.05) is 17.7 Å². The van der Waals surface area contributed by atoms with Crippen LogP contribution in [0.2, 0.25) is 0 Å². The molecular formula is C17H18N2O5S. The van der Waals surface area contributed by atoms with Crippen molar-refractivity contribution in [3.05, 3.63) is 46.3 Å². The maximum absolute atomic E-state index is 11.9. The number of ether oxygens (including phenoxy) is 2. The molecule has 0 aliphatic heterocycles. The number of hydrogen-bond acceptors (Lipinski definition) is 6. The van der Waals surface area contributed by atoms with E-state index < -0.39 is 24.4 Å². The number of nitrogens with two attached hydrogens (primary N) is 1. The summed E-state index contributed by atoms with van der Waals surface area (Å²) in [6.45, 7) is 1.45. The summed E-state index contributed by atoms with van der Waals surface area (Å²) in [5, 5.41) is 4.46. The van der Waals surface area contributed by atoms with Gasteiger partial charge in [-0.2, -0.15) is 0 Å². The highest BCUT2D eigenvalue weighted by Gasteiger charge is 2.15. The van der Waals surface area contributed by atoms with Crippen molar-refractivity contribution in [3.63, 3.8) is 0 Å². The highest BCUT2D eigenvalue weighted by molar-refractivity contribution is 7.14. The summed E-state index contributed by atoms with van der Waals surface area (Å²) in [4.78, 5) is 35.0. The average Bonchev–Trinajstić information content (AvgIpc) is 3.01. The van der Waals surface area contributed by atoms with Gasteiger partial charge in [-0.3, -0.25) is 14.4 Å². The second-order valence-electron chi connectivity index (χ2n) is 5.23. The number of aryl methyl sites for hydroxylation is 1. The van der Waals surface area contributed by atoms with Crippen LogP contribution in [0.25, 0.3) is 0 Å². The van der Waals surface area contributed by atoms with Crippen molar-refractivity contribution < 1.29 is 23.9 Å². The van der Waals surface area contributed by atoms with Gasteiger partial charge in [0.2, 0.25) is 0 Å². The third-order valence-electron chi connectivity index (χ3n) is 3.32. The molecule has 0 unspecified atom stereocenters. The largest absolute Gasteiger partial charge is 0.496 e. The van der Waals surface area contributed by atoms with Crippen LogP contribution in [-0.4, -0.2) is 31.5 Å². The lowest BCUT2D eigenvalue weighted by Crippen LogP contribution is -2.23. The topological polar surface area (TPSA) is 108 Å². The third-order valence-corrected chi connectivity index (χ3v) is 4.15. The van der Waals surface area contributed by atoms with Crippen molar-refractivity contribution in [3.8, 4) is 5.75 Å². The number of primary amides is 1. The molecule has 25 heavy (non-hydrogen) atoms. The van der Waals surface area contributed by atoms with Crippen molar-refractivity contribution in [2.24, 2.45) is 5.73 Å². The molecule has 2 aromatic rings. The predicted octanol–water partition coefficient (Wildman–Crippen LogP) is 1.89. The zero-order chi connectivity index (χ0) is 18.4. The Balaban J connectivity index is 1.89. The zero-order valence-corrected chi connectivity index (χ0v) is 14.6. The molecule has 8 heteroatoms. The Bertz CT molecular complexity index is 800. The van der Waals surface area contributed by atoms with E-state index in [0.717, 1.165) is 16.9 Å². The second kappa shape index (κ2) is 8.29. The van der Waals surface area contributed by atoms with E-state index in [2.05, 4.69) is 5.32 Å². The van der Waals surface area contributed by atoms with E-state index in [9.17, 15) is 14.4 Å². The van der Waals surface area contributed by atoms with Crippen LogP contribution in [0.5, 0.6) is 5.75 Å². The summed E-state index contributed by atoms with van der Waals surface area (Å²) < 4.78 is 10.2. The highest BCUT2D eigenvalue weighted by Crippen LogP contribution is 2.23. The van der Waals surface area contributed by atoms with Crippen LogP contribution >= 0.6 is 11.3 Å². The molecule has 7 nitrogen and oxygen atoms in total. The number of nitrogens with one attached hydrogen (secondary N) is 1. The molecule has 0 atom stereocenters. The molecule has 0 spiro atoms. The molecule has 2 rings (SSSR count). The quantitative estimate of drug-likeness (QED) is 0.731. The molecular weight excluding hydrogens is 344 g/mol.